The number of nitrogens with one attached hydrogen (secondary N) is 1. The first-order chi connectivity index (χ1) is 9.13. The predicted octanol–water partition coefficient (Wildman–Crippen LogP) is 0.975. The third-order valence-electron chi connectivity index (χ3n) is 2.37. The van der Waals surface area contributed by atoms with Gasteiger partial charge in [-0.05, 0) is 18.5 Å². The van der Waals surface area contributed by atoms with Crippen LogP contribution in [0.3, 0.4) is 0 Å². The van der Waals surface area contributed by atoms with Gasteiger partial charge in [-0.1, -0.05) is 0 Å². The number of methoxy groups -OCH3 is 2. The van der Waals surface area contributed by atoms with E-state index in [-0.39, 0.29) is 24.1 Å². The Labute approximate surface area is 116 Å². The van der Waals surface area contributed by atoms with Crippen LogP contribution >= 0.6 is 11.5 Å². The fraction of sp³-hybridized carbons (Fsp3) is 0.636. The van der Waals surface area contributed by atoms with Crippen LogP contribution in [0.1, 0.15) is 17.3 Å². The van der Waals surface area contributed by atoms with E-state index in [4.69, 9.17) is 19.9 Å². The molecular weight excluding hydrogens is 270 g/mol. The summed E-state index contributed by atoms with van der Waals surface area (Å²) >= 11 is 1.12. The van der Waals surface area contributed by atoms with Crippen LogP contribution < -0.4 is 11.1 Å². The molecule has 1 rings (SSSR count). The molecule has 0 saturated heterocycles. The second-order valence-electron chi connectivity index (χ2n) is 3.69. The molecule has 0 aliphatic rings. The highest BCUT2D eigenvalue weighted by molar-refractivity contribution is 7.11. The number of hydrogen-bond donors (Lipinski definition) is 2. The molecule has 7 nitrogen and oxygen atoms in total. The minimum atomic E-state index is -0.475. The smallest absolute Gasteiger partial charge is 0.344 e. The number of aromatic nitrogens is 1. The van der Waals surface area contributed by atoms with E-state index in [0.717, 1.165) is 11.5 Å². The van der Waals surface area contributed by atoms with Gasteiger partial charge in [0, 0.05) is 20.8 Å². The average molecular weight is 289 g/mol. The van der Waals surface area contributed by atoms with Gasteiger partial charge >= 0.3 is 5.97 Å². The van der Waals surface area contributed by atoms with Gasteiger partial charge in [-0.25, -0.2) is 4.79 Å². The highest BCUT2D eigenvalue weighted by Crippen LogP contribution is 2.27. The zero-order valence-corrected chi connectivity index (χ0v) is 12.1. The number of esters is 1. The second-order valence-corrected chi connectivity index (χ2v) is 4.46. The predicted molar refractivity (Wildman–Crippen MR) is 73.6 cm³/mol. The van der Waals surface area contributed by atoms with Crippen LogP contribution in [0.2, 0.25) is 0 Å². The Morgan fingerprint density at radius 3 is 2.84 bits per heavy atom. The van der Waals surface area contributed by atoms with Crippen molar-refractivity contribution in [2.24, 2.45) is 0 Å². The molecule has 0 aromatic carbocycles. The summed E-state index contributed by atoms with van der Waals surface area (Å²) in [5.74, 6) is -0.302. The number of carbonyl (C=O) groups is 1. The molecule has 1 aromatic heterocycles. The summed E-state index contributed by atoms with van der Waals surface area (Å²) in [4.78, 5) is 11.8. The first-order valence-electron chi connectivity index (χ1n) is 5.81. The first kappa shape index (κ1) is 15.7. The van der Waals surface area contributed by atoms with Crippen molar-refractivity contribution < 1.29 is 19.0 Å². The Bertz CT molecular complexity index is 411. The number of nitrogens with zero attached hydrogens (tertiary/aromatic N) is 1. The number of rotatable bonds is 8. The van der Waals surface area contributed by atoms with Crippen molar-refractivity contribution >= 4 is 28.3 Å². The molecule has 0 aliphatic heterocycles. The number of nitrogen functional groups attached to an aromatic ring is 1. The van der Waals surface area contributed by atoms with Gasteiger partial charge < -0.3 is 25.3 Å². The third-order valence-corrected chi connectivity index (χ3v) is 3.19. The number of hydrogen-bond acceptors (Lipinski definition) is 8. The highest BCUT2D eigenvalue weighted by atomic mass is 32.1. The van der Waals surface area contributed by atoms with Crippen LogP contribution in [0.5, 0.6) is 0 Å². The van der Waals surface area contributed by atoms with Gasteiger partial charge in [-0.3, -0.25) is 0 Å². The molecule has 0 aliphatic carbocycles. The fourth-order valence-electron chi connectivity index (χ4n) is 1.43. The number of nitrogens with two attached hydrogens (primary N) is 1. The van der Waals surface area contributed by atoms with Gasteiger partial charge in [0.05, 0.1) is 19.3 Å². The van der Waals surface area contributed by atoms with Crippen LogP contribution in [0.4, 0.5) is 10.8 Å². The summed E-state index contributed by atoms with van der Waals surface area (Å²) in [5, 5.41) is 3.66. The average Bonchev–Trinajstić information content (AvgIpc) is 2.76. The topological polar surface area (TPSA) is 95.7 Å². The van der Waals surface area contributed by atoms with Crippen LogP contribution in [-0.2, 0) is 14.2 Å². The van der Waals surface area contributed by atoms with E-state index in [1.54, 1.807) is 21.1 Å². The Balaban J connectivity index is 2.70. The zero-order valence-electron chi connectivity index (χ0n) is 11.3. The van der Waals surface area contributed by atoms with Crippen molar-refractivity contribution in [1.82, 2.24) is 4.37 Å². The molecule has 108 valence electrons. The third kappa shape index (κ3) is 4.34. The molecule has 0 bridgehead atoms. The second kappa shape index (κ2) is 7.93. The SMILES string of the molecule is CCOC(=O)c1c(N)nsc1NCC(COC)OC. The van der Waals surface area contributed by atoms with Crippen molar-refractivity contribution in [2.45, 2.75) is 13.0 Å². The summed E-state index contributed by atoms with van der Waals surface area (Å²) in [6.45, 7) is 2.96. The number of ether oxygens (including phenoxy) is 3. The Morgan fingerprint density at radius 2 is 2.26 bits per heavy atom. The van der Waals surface area contributed by atoms with Crippen molar-refractivity contribution in [3.05, 3.63) is 5.56 Å². The lowest BCUT2D eigenvalue weighted by atomic mass is 10.3. The maximum Gasteiger partial charge on any atom is 0.344 e. The molecule has 3 N–H and O–H groups in total. The highest BCUT2D eigenvalue weighted by Gasteiger charge is 2.21. The van der Waals surface area contributed by atoms with E-state index >= 15 is 0 Å². The maximum atomic E-state index is 11.8. The lowest BCUT2D eigenvalue weighted by Gasteiger charge is -2.15. The summed E-state index contributed by atoms with van der Waals surface area (Å²) in [6.07, 6.45) is -0.122. The number of carbonyl (C=O) groups excluding carboxylic acids is 1. The molecule has 1 aromatic rings. The van der Waals surface area contributed by atoms with Crippen molar-refractivity contribution in [2.75, 3.05) is 45.0 Å². The van der Waals surface area contributed by atoms with Crippen molar-refractivity contribution in [3.8, 4) is 0 Å². The van der Waals surface area contributed by atoms with Gasteiger partial charge in [-0.2, -0.15) is 4.37 Å². The van der Waals surface area contributed by atoms with E-state index in [0.29, 0.717) is 18.2 Å². The molecule has 0 fully saturated rings. The first-order valence-corrected chi connectivity index (χ1v) is 6.59. The summed E-state index contributed by atoms with van der Waals surface area (Å²) < 4.78 is 19.1. The molecule has 8 heteroatoms. The monoisotopic (exact) mass is 289 g/mol. The zero-order chi connectivity index (χ0) is 14.3. The Hall–Kier alpha value is -1.38. The van der Waals surface area contributed by atoms with Gasteiger partial charge in [0.2, 0.25) is 0 Å². The van der Waals surface area contributed by atoms with Gasteiger partial charge in [0.1, 0.15) is 10.6 Å². The van der Waals surface area contributed by atoms with Gasteiger partial charge in [0.25, 0.3) is 0 Å². The van der Waals surface area contributed by atoms with E-state index in [1.165, 1.54) is 0 Å². The Kier molecular flexibility index (Phi) is 6.54. The summed E-state index contributed by atoms with van der Waals surface area (Å²) in [7, 11) is 3.19. The number of anilines is 2. The van der Waals surface area contributed by atoms with E-state index in [1.807, 2.05) is 0 Å². The van der Waals surface area contributed by atoms with Gasteiger partial charge in [-0.15, -0.1) is 0 Å². The quantitative estimate of drug-likeness (QED) is 0.688. The van der Waals surface area contributed by atoms with Crippen LogP contribution in [0.25, 0.3) is 0 Å². The fourth-order valence-corrected chi connectivity index (χ4v) is 2.13. The molecular formula is C11H19N3O4S. The molecule has 1 atom stereocenters. The molecule has 0 amide bonds. The van der Waals surface area contributed by atoms with Gasteiger partial charge in [0.15, 0.2) is 5.82 Å². The van der Waals surface area contributed by atoms with Crippen molar-refractivity contribution in [3.63, 3.8) is 0 Å². The van der Waals surface area contributed by atoms with E-state index in [2.05, 4.69) is 9.69 Å². The minimum Gasteiger partial charge on any atom is -0.462 e. The minimum absolute atomic E-state index is 0.122. The van der Waals surface area contributed by atoms with Crippen molar-refractivity contribution in [1.29, 1.82) is 0 Å². The van der Waals surface area contributed by atoms with Crippen LogP contribution in [-0.4, -0.2) is 50.4 Å². The normalized spacial score (nSPS) is 12.2. The summed E-state index contributed by atoms with van der Waals surface area (Å²) in [5.41, 5.74) is 5.95. The molecule has 1 heterocycles. The largest absolute Gasteiger partial charge is 0.462 e. The van der Waals surface area contributed by atoms with Crippen LogP contribution in [0, 0.1) is 0 Å². The summed E-state index contributed by atoms with van der Waals surface area (Å²) in [6, 6.07) is 0. The van der Waals surface area contributed by atoms with E-state index < -0.39 is 5.97 Å². The Morgan fingerprint density at radius 1 is 1.53 bits per heavy atom. The van der Waals surface area contributed by atoms with Crippen LogP contribution in [0.15, 0.2) is 0 Å². The lowest BCUT2D eigenvalue weighted by molar-refractivity contribution is 0.0365. The molecule has 19 heavy (non-hydrogen) atoms. The molecule has 0 radical (unpaired) electrons. The molecule has 0 saturated carbocycles. The standard InChI is InChI=1S/C11H19N3O4S/c1-4-18-11(15)8-9(12)14-19-10(8)13-5-7(17-3)6-16-2/h7,13H,4-6H2,1-3H3,(H2,12,14). The molecule has 0 spiro atoms. The maximum absolute atomic E-state index is 11.8. The van der Waals surface area contributed by atoms with E-state index in [9.17, 15) is 4.79 Å². The molecule has 1 unspecified atom stereocenters. The lowest BCUT2D eigenvalue weighted by Crippen LogP contribution is -2.26.